The average Bonchev–Trinajstić information content (AvgIpc) is 3.38. The molecule has 5 heteroatoms. The van der Waals surface area contributed by atoms with Crippen LogP contribution in [0, 0.1) is 0 Å². The summed E-state index contributed by atoms with van der Waals surface area (Å²) in [6.45, 7) is 4.02. The lowest BCUT2D eigenvalue weighted by Gasteiger charge is -2.15. The van der Waals surface area contributed by atoms with E-state index in [-0.39, 0.29) is 25.2 Å². The molecule has 0 aliphatic heterocycles. The quantitative estimate of drug-likeness (QED) is 0.0373. The Balaban J connectivity index is 3.56. The normalized spacial score (nSPS) is 13.1. The molecular weight excluding hydrogens is 885 g/mol. The molecule has 410 valence electrons. The van der Waals surface area contributed by atoms with Crippen molar-refractivity contribution in [2.75, 3.05) is 13.2 Å². The Bertz CT molecular complexity index is 1450. The molecule has 1 unspecified atom stereocenters. The molecule has 0 rings (SSSR count). The van der Waals surface area contributed by atoms with Crippen LogP contribution in [0.3, 0.4) is 0 Å². The number of carbonyl (C=O) groups excluding carboxylic acids is 2. The number of hydrogen-bond donors (Lipinski definition) is 1. The minimum Gasteiger partial charge on any atom is -0.462 e. The fraction of sp³-hybridized carbons (Fsp3) is 0.672. The first-order chi connectivity index (χ1) is 35.6. The number of allylic oxidation sites excluding steroid dienone is 20. The molecule has 1 atom stereocenters. The molecule has 0 saturated heterocycles. The van der Waals surface area contributed by atoms with Crippen molar-refractivity contribution in [1.82, 2.24) is 0 Å². The van der Waals surface area contributed by atoms with Gasteiger partial charge in [-0.3, -0.25) is 9.59 Å². The van der Waals surface area contributed by atoms with Crippen molar-refractivity contribution in [3.63, 3.8) is 0 Å². The molecule has 0 aliphatic carbocycles. The number of aliphatic hydroxyl groups is 1. The number of esters is 2. The van der Waals surface area contributed by atoms with E-state index in [1.54, 1.807) is 0 Å². The molecule has 1 N–H and O–H groups in total. The van der Waals surface area contributed by atoms with Gasteiger partial charge in [-0.15, -0.1) is 0 Å². The van der Waals surface area contributed by atoms with Gasteiger partial charge in [0.05, 0.1) is 6.61 Å². The van der Waals surface area contributed by atoms with Crippen molar-refractivity contribution in [1.29, 1.82) is 0 Å². The maximum absolute atomic E-state index is 12.3. The van der Waals surface area contributed by atoms with Crippen molar-refractivity contribution in [2.45, 2.75) is 277 Å². The van der Waals surface area contributed by atoms with E-state index >= 15 is 0 Å². The molecule has 5 nitrogen and oxygen atoms in total. The zero-order valence-corrected chi connectivity index (χ0v) is 46.9. The van der Waals surface area contributed by atoms with Gasteiger partial charge < -0.3 is 14.6 Å². The molecule has 0 amide bonds. The predicted octanol–water partition coefficient (Wildman–Crippen LogP) is 20.6. The second-order valence-corrected chi connectivity index (χ2v) is 19.7. The number of rotatable bonds is 54. The van der Waals surface area contributed by atoms with Crippen LogP contribution in [0.2, 0.25) is 0 Å². The van der Waals surface area contributed by atoms with Gasteiger partial charge in [-0.25, -0.2) is 0 Å². The molecule has 0 heterocycles. The van der Waals surface area contributed by atoms with Gasteiger partial charge in [0, 0.05) is 12.8 Å². The van der Waals surface area contributed by atoms with Crippen molar-refractivity contribution in [3.8, 4) is 0 Å². The summed E-state index contributed by atoms with van der Waals surface area (Å²) in [5.41, 5.74) is 0. The highest BCUT2D eigenvalue weighted by Gasteiger charge is 2.16. The van der Waals surface area contributed by atoms with E-state index in [0.29, 0.717) is 12.8 Å². The Morgan fingerprint density at radius 2 is 0.597 bits per heavy atom. The Labute approximate surface area is 445 Å². The summed E-state index contributed by atoms with van der Waals surface area (Å²) in [7, 11) is 0. The maximum atomic E-state index is 12.3. The Hall–Kier alpha value is -3.70. The topological polar surface area (TPSA) is 72.8 Å². The predicted molar refractivity (Wildman–Crippen MR) is 315 cm³/mol. The molecule has 0 aromatic carbocycles. The molecule has 72 heavy (non-hydrogen) atoms. The SMILES string of the molecule is CC/C=C\C/C=C\C/C=C\C/C=C\C/C=C\C/C=C\C/C=C\C/C=C\CCCCCCCCC(=O)OC(CO)COC(=O)CCCCCCCCCCCCCCCCC/C=C\C/C=C\CCCCCCC. The lowest BCUT2D eigenvalue weighted by atomic mass is 10.0. The van der Waals surface area contributed by atoms with Gasteiger partial charge in [0.25, 0.3) is 0 Å². The van der Waals surface area contributed by atoms with Crippen LogP contribution in [0.15, 0.2) is 122 Å². The van der Waals surface area contributed by atoms with E-state index in [0.717, 1.165) is 103 Å². The summed E-state index contributed by atoms with van der Waals surface area (Å²) in [6.07, 6.45) is 90.3. The second kappa shape index (κ2) is 61.6. The largest absolute Gasteiger partial charge is 0.462 e. The molecular formula is C67H112O5. The highest BCUT2D eigenvalue weighted by molar-refractivity contribution is 5.70. The maximum Gasteiger partial charge on any atom is 0.306 e. The van der Waals surface area contributed by atoms with E-state index in [1.165, 1.54) is 141 Å². The summed E-state index contributed by atoms with van der Waals surface area (Å²) in [6, 6.07) is 0. The van der Waals surface area contributed by atoms with Crippen LogP contribution in [0.1, 0.15) is 271 Å². The van der Waals surface area contributed by atoms with E-state index < -0.39 is 6.10 Å². The smallest absolute Gasteiger partial charge is 0.306 e. The van der Waals surface area contributed by atoms with Gasteiger partial charge in [0.2, 0.25) is 0 Å². The molecule has 0 aliphatic rings. The van der Waals surface area contributed by atoms with Crippen LogP contribution in [0.5, 0.6) is 0 Å². The van der Waals surface area contributed by atoms with Gasteiger partial charge in [-0.05, 0) is 109 Å². The van der Waals surface area contributed by atoms with Crippen molar-refractivity contribution in [3.05, 3.63) is 122 Å². The number of hydrogen-bond acceptors (Lipinski definition) is 5. The lowest BCUT2D eigenvalue weighted by Crippen LogP contribution is -2.28. The zero-order valence-electron chi connectivity index (χ0n) is 46.9. The van der Waals surface area contributed by atoms with Crippen LogP contribution in [0.25, 0.3) is 0 Å². The first kappa shape index (κ1) is 68.3. The summed E-state index contributed by atoms with van der Waals surface area (Å²) >= 11 is 0. The number of carbonyl (C=O) groups is 2. The second-order valence-electron chi connectivity index (χ2n) is 19.7. The molecule has 0 fully saturated rings. The third kappa shape index (κ3) is 58.9. The van der Waals surface area contributed by atoms with Crippen LogP contribution in [0.4, 0.5) is 0 Å². The van der Waals surface area contributed by atoms with Crippen LogP contribution in [-0.4, -0.2) is 36.4 Å². The average molecular weight is 998 g/mol. The van der Waals surface area contributed by atoms with E-state index in [4.69, 9.17) is 9.47 Å². The van der Waals surface area contributed by atoms with Crippen LogP contribution in [-0.2, 0) is 19.1 Å². The van der Waals surface area contributed by atoms with Gasteiger partial charge in [-0.1, -0.05) is 270 Å². The van der Waals surface area contributed by atoms with Gasteiger partial charge in [-0.2, -0.15) is 0 Å². The van der Waals surface area contributed by atoms with Crippen LogP contribution >= 0.6 is 0 Å². The summed E-state index contributed by atoms with van der Waals surface area (Å²) in [5, 5.41) is 9.67. The fourth-order valence-electron chi connectivity index (χ4n) is 8.25. The molecule has 0 saturated carbocycles. The number of unbranched alkanes of at least 4 members (excludes halogenated alkanes) is 26. The highest BCUT2D eigenvalue weighted by Crippen LogP contribution is 2.16. The Kier molecular flexibility index (Phi) is 58.4. The summed E-state index contributed by atoms with van der Waals surface area (Å²) < 4.78 is 10.7. The minimum atomic E-state index is -0.789. The van der Waals surface area contributed by atoms with Crippen molar-refractivity contribution >= 4 is 11.9 Å². The number of aliphatic hydroxyl groups excluding tert-OH is 1. The first-order valence-corrected chi connectivity index (χ1v) is 30.1. The first-order valence-electron chi connectivity index (χ1n) is 30.1. The fourth-order valence-corrected chi connectivity index (χ4v) is 8.25. The third-order valence-electron chi connectivity index (χ3n) is 12.7. The minimum absolute atomic E-state index is 0.0776. The van der Waals surface area contributed by atoms with Crippen molar-refractivity contribution < 1.29 is 24.2 Å². The van der Waals surface area contributed by atoms with E-state index in [9.17, 15) is 14.7 Å². The molecule has 0 aromatic rings. The van der Waals surface area contributed by atoms with E-state index in [2.05, 4.69) is 135 Å². The van der Waals surface area contributed by atoms with Gasteiger partial charge in [0.15, 0.2) is 6.10 Å². The summed E-state index contributed by atoms with van der Waals surface area (Å²) in [4.78, 5) is 24.6. The van der Waals surface area contributed by atoms with Gasteiger partial charge in [0.1, 0.15) is 6.61 Å². The Morgan fingerprint density at radius 3 is 0.903 bits per heavy atom. The van der Waals surface area contributed by atoms with Gasteiger partial charge >= 0.3 is 11.9 Å². The zero-order chi connectivity index (χ0) is 52.0. The monoisotopic (exact) mass is 997 g/mol. The van der Waals surface area contributed by atoms with Crippen molar-refractivity contribution in [2.24, 2.45) is 0 Å². The standard InChI is InChI=1S/C67H112O5/c1-3-5-7-9-11-13-15-17-19-21-23-25-27-29-31-32-33-34-36-38-40-42-44-46-48-50-52-54-56-58-60-62-67(70)72-65(63-68)64-71-66(69)61-59-57-55-53-51-49-47-45-43-41-39-37-35-30-28-26-24-22-20-18-16-14-12-10-8-6-4-2/h5,7,11,13,16-19,22-25,29,31,33-34,38,40,44,46,65,68H,3-4,6,8-10,12,14-15,20-21,26-28,30,32,35-37,39,41-43,45,47-64H2,1-2H3/b7-5-,13-11-,18-16-,19-17-,24-22-,25-23-,31-29-,34-33-,40-38-,46-44-. The molecule has 0 aromatic heterocycles. The lowest BCUT2D eigenvalue weighted by molar-refractivity contribution is -0.161. The van der Waals surface area contributed by atoms with E-state index in [1.807, 2.05) is 0 Å². The molecule has 0 radical (unpaired) electrons. The summed E-state index contributed by atoms with van der Waals surface area (Å²) in [5.74, 6) is -0.608. The van der Waals surface area contributed by atoms with Crippen LogP contribution < -0.4 is 0 Å². The highest BCUT2D eigenvalue weighted by atomic mass is 16.6. The molecule has 0 spiro atoms. The number of ether oxygens (including phenoxy) is 2. The Morgan fingerprint density at radius 1 is 0.333 bits per heavy atom. The molecule has 0 bridgehead atoms. The third-order valence-corrected chi connectivity index (χ3v) is 12.7.